The lowest BCUT2D eigenvalue weighted by atomic mass is 10.1. The molecule has 0 fully saturated rings. The van der Waals surface area contributed by atoms with Gasteiger partial charge in [0.1, 0.15) is 19.8 Å². The maximum absolute atomic E-state index is 13.0. The van der Waals surface area contributed by atoms with Crippen molar-refractivity contribution in [2.24, 2.45) is 0 Å². The average molecular weight is 505 g/mol. The fourth-order valence-electron chi connectivity index (χ4n) is 4.28. The van der Waals surface area contributed by atoms with Gasteiger partial charge in [-0.05, 0) is 41.5 Å². The van der Waals surface area contributed by atoms with Crippen LogP contribution < -0.4 is 15.0 Å². The molecule has 2 aromatic heterocycles. The van der Waals surface area contributed by atoms with E-state index >= 15 is 0 Å². The number of fused-ring (bicyclic) bond motifs is 2. The van der Waals surface area contributed by atoms with E-state index in [4.69, 9.17) is 14.2 Å². The SMILES string of the molecule is CCOC(=O)Cn1nnnc1CN(CCc1ccccc1)Cc1cc2cc3c(cc2[nH]c1=O)OCCO3. The van der Waals surface area contributed by atoms with Gasteiger partial charge < -0.3 is 19.2 Å². The van der Waals surface area contributed by atoms with Crippen LogP contribution in [0.25, 0.3) is 10.9 Å². The fraction of sp³-hybridized carbons (Fsp3) is 0.346. The van der Waals surface area contributed by atoms with Crippen molar-refractivity contribution in [1.29, 1.82) is 0 Å². The molecule has 0 atom stereocenters. The summed E-state index contributed by atoms with van der Waals surface area (Å²) in [6.45, 7) is 4.28. The summed E-state index contributed by atoms with van der Waals surface area (Å²) in [6, 6.07) is 15.7. The number of ether oxygens (including phenoxy) is 3. The van der Waals surface area contributed by atoms with Gasteiger partial charge in [-0.25, -0.2) is 4.68 Å². The van der Waals surface area contributed by atoms with Crippen molar-refractivity contribution in [3.05, 3.63) is 75.8 Å². The number of carbonyl (C=O) groups excluding carboxylic acids is 1. The zero-order chi connectivity index (χ0) is 25.6. The molecule has 2 aromatic carbocycles. The molecule has 1 aliphatic rings. The summed E-state index contributed by atoms with van der Waals surface area (Å²) in [4.78, 5) is 30.1. The predicted molar refractivity (Wildman–Crippen MR) is 134 cm³/mol. The second-order valence-corrected chi connectivity index (χ2v) is 8.71. The van der Waals surface area contributed by atoms with E-state index in [1.54, 1.807) is 13.0 Å². The van der Waals surface area contributed by atoms with Crippen molar-refractivity contribution in [3.8, 4) is 11.5 Å². The maximum Gasteiger partial charge on any atom is 0.327 e. The Kier molecular flexibility index (Phi) is 7.41. The molecule has 0 saturated carbocycles. The van der Waals surface area contributed by atoms with Crippen LogP contribution in [0.2, 0.25) is 0 Å². The van der Waals surface area contributed by atoms with E-state index in [0.717, 1.165) is 11.8 Å². The summed E-state index contributed by atoms with van der Waals surface area (Å²) >= 11 is 0. The van der Waals surface area contributed by atoms with E-state index in [0.29, 0.717) is 61.3 Å². The summed E-state index contributed by atoms with van der Waals surface area (Å²) in [5, 5.41) is 12.7. The molecule has 37 heavy (non-hydrogen) atoms. The van der Waals surface area contributed by atoms with E-state index in [1.165, 1.54) is 10.2 Å². The lowest BCUT2D eigenvalue weighted by Gasteiger charge is -2.22. The van der Waals surface area contributed by atoms with Crippen LogP contribution in [0.1, 0.15) is 23.9 Å². The third-order valence-corrected chi connectivity index (χ3v) is 6.09. The molecule has 0 bridgehead atoms. The lowest BCUT2D eigenvalue weighted by Crippen LogP contribution is -2.30. The molecular weight excluding hydrogens is 476 g/mol. The third kappa shape index (κ3) is 5.95. The van der Waals surface area contributed by atoms with Crippen molar-refractivity contribution in [2.45, 2.75) is 33.0 Å². The molecule has 0 radical (unpaired) electrons. The topological polar surface area (TPSA) is 124 Å². The molecule has 0 saturated heterocycles. The highest BCUT2D eigenvalue weighted by molar-refractivity contribution is 5.83. The number of esters is 1. The molecule has 3 heterocycles. The fourth-order valence-corrected chi connectivity index (χ4v) is 4.28. The molecular formula is C26H28N6O5. The Balaban J connectivity index is 1.40. The number of H-pyrrole nitrogens is 1. The molecule has 0 unspecified atom stereocenters. The summed E-state index contributed by atoms with van der Waals surface area (Å²) in [5.74, 6) is 1.39. The first kappa shape index (κ1) is 24.4. The Bertz CT molecular complexity index is 1430. The van der Waals surface area contributed by atoms with Crippen LogP contribution in [0.5, 0.6) is 11.5 Å². The molecule has 0 spiro atoms. The van der Waals surface area contributed by atoms with Crippen molar-refractivity contribution in [1.82, 2.24) is 30.1 Å². The van der Waals surface area contributed by atoms with E-state index in [9.17, 15) is 9.59 Å². The van der Waals surface area contributed by atoms with Crippen molar-refractivity contribution < 1.29 is 19.0 Å². The normalized spacial score (nSPS) is 12.7. The van der Waals surface area contributed by atoms with Gasteiger partial charge in [0.2, 0.25) is 0 Å². The lowest BCUT2D eigenvalue weighted by molar-refractivity contribution is -0.144. The Morgan fingerprint density at radius 3 is 2.68 bits per heavy atom. The summed E-state index contributed by atoms with van der Waals surface area (Å²) in [5.41, 5.74) is 2.28. The van der Waals surface area contributed by atoms with Gasteiger partial charge in [-0.15, -0.1) is 5.10 Å². The molecule has 5 rings (SSSR count). The van der Waals surface area contributed by atoms with Crippen molar-refractivity contribution in [2.75, 3.05) is 26.4 Å². The van der Waals surface area contributed by atoms with E-state index in [1.807, 2.05) is 30.3 Å². The van der Waals surface area contributed by atoms with Crippen molar-refractivity contribution >= 4 is 16.9 Å². The summed E-state index contributed by atoms with van der Waals surface area (Å²) in [7, 11) is 0. The molecule has 0 amide bonds. The van der Waals surface area contributed by atoms with Gasteiger partial charge in [0.15, 0.2) is 17.3 Å². The minimum atomic E-state index is -0.410. The number of carbonyl (C=O) groups is 1. The highest BCUT2D eigenvalue weighted by Crippen LogP contribution is 2.33. The quantitative estimate of drug-likeness (QED) is 0.323. The van der Waals surface area contributed by atoms with Gasteiger partial charge in [0.05, 0.1) is 18.7 Å². The van der Waals surface area contributed by atoms with Crippen LogP contribution in [0, 0.1) is 0 Å². The number of rotatable bonds is 10. The molecule has 0 aliphatic carbocycles. The molecule has 192 valence electrons. The van der Waals surface area contributed by atoms with Gasteiger partial charge in [-0.3, -0.25) is 14.5 Å². The van der Waals surface area contributed by atoms with Gasteiger partial charge in [0, 0.05) is 30.1 Å². The smallest absolute Gasteiger partial charge is 0.327 e. The Hall–Kier alpha value is -4.25. The van der Waals surface area contributed by atoms with Crippen LogP contribution in [0.4, 0.5) is 0 Å². The Morgan fingerprint density at radius 2 is 1.89 bits per heavy atom. The first-order chi connectivity index (χ1) is 18.1. The van der Waals surface area contributed by atoms with Crippen molar-refractivity contribution in [3.63, 3.8) is 0 Å². The monoisotopic (exact) mass is 504 g/mol. The number of tetrazole rings is 1. The number of benzene rings is 2. The van der Waals surface area contributed by atoms with Crippen LogP contribution >= 0.6 is 0 Å². The van der Waals surface area contributed by atoms with E-state index in [-0.39, 0.29) is 18.7 Å². The Morgan fingerprint density at radius 1 is 1.11 bits per heavy atom. The van der Waals surface area contributed by atoms with E-state index < -0.39 is 5.97 Å². The minimum absolute atomic E-state index is 0.0769. The van der Waals surface area contributed by atoms with Crippen LogP contribution in [-0.2, 0) is 35.6 Å². The number of hydrogen-bond acceptors (Lipinski definition) is 9. The number of aromatic amines is 1. The highest BCUT2D eigenvalue weighted by atomic mass is 16.6. The number of nitrogens with zero attached hydrogens (tertiary/aromatic N) is 5. The largest absolute Gasteiger partial charge is 0.486 e. The zero-order valence-corrected chi connectivity index (χ0v) is 20.6. The van der Waals surface area contributed by atoms with Gasteiger partial charge in [0.25, 0.3) is 5.56 Å². The molecule has 11 nitrogen and oxygen atoms in total. The minimum Gasteiger partial charge on any atom is -0.486 e. The van der Waals surface area contributed by atoms with Crippen LogP contribution in [0.15, 0.2) is 53.3 Å². The summed E-state index contributed by atoms with van der Waals surface area (Å²) in [6.07, 6.45) is 0.768. The highest BCUT2D eigenvalue weighted by Gasteiger charge is 2.18. The zero-order valence-electron chi connectivity index (χ0n) is 20.6. The van der Waals surface area contributed by atoms with Gasteiger partial charge in [-0.1, -0.05) is 30.3 Å². The first-order valence-electron chi connectivity index (χ1n) is 12.2. The summed E-state index contributed by atoms with van der Waals surface area (Å²) < 4.78 is 17.8. The van der Waals surface area contributed by atoms with Gasteiger partial charge in [-0.2, -0.15) is 0 Å². The Labute approximate surface area is 212 Å². The molecule has 1 aliphatic heterocycles. The third-order valence-electron chi connectivity index (χ3n) is 6.09. The molecule has 11 heteroatoms. The first-order valence-corrected chi connectivity index (χ1v) is 12.2. The van der Waals surface area contributed by atoms with Crippen LogP contribution in [-0.4, -0.2) is 62.4 Å². The van der Waals surface area contributed by atoms with E-state index in [2.05, 4.69) is 37.5 Å². The maximum atomic E-state index is 13.0. The number of hydrogen-bond donors (Lipinski definition) is 1. The number of nitrogens with one attached hydrogen (secondary N) is 1. The van der Waals surface area contributed by atoms with Gasteiger partial charge >= 0.3 is 5.97 Å². The predicted octanol–water partition coefficient (Wildman–Crippen LogP) is 2.09. The molecule has 1 N–H and O–H groups in total. The molecule has 4 aromatic rings. The number of pyridine rings is 1. The average Bonchev–Trinajstić information content (AvgIpc) is 3.33. The standard InChI is InChI=1S/C26H28N6O5/c1-2-35-25(33)17-32-24(28-29-30-32)16-31(9-8-18-6-4-3-5-7-18)15-20-12-19-13-22-23(37-11-10-36-22)14-21(19)27-26(20)34/h3-7,12-14H,2,8-11,15-17H2,1H3,(H,27,34). The second-order valence-electron chi connectivity index (χ2n) is 8.71. The van der Waals surface area contributed by atoms with Crippen LogP contribution in [0.3, 0.4) is 0 Å². The second kappa shape index (κ2) is 11.2. The number of aromatic nitrogens is 5.